The molecule has 5 aromatic rings. The third-order valence-corrected chi connectivity index (χ3v) is 4.67. The van der Waals surface area contributed by atoms with E-state index in [2.05, 4.69) is 4.98 Å². The van der Waals surface area contributed by atoms with Crippen molar-refractivity contribution in [2.45, 2.75) is 0 Å². The van der Waals surface area contributed by atoms with Crippen LogP contribution in [0.4, 0.5) is 0 Å². The second-order valence-corrected chi connectivity index (χ2v) is 6.50. The minimum absolute atomic E-state index is 0.0868. The summed E-state index contributed by atoms with van der Waals surface area (Å²) in [5, 5.41) is 0.685. The largest absolute Gasteiger partial charge is 0.457 e. The van der Waals surface area contributed by atoms with Crippen LogP contribution in [0.5, 0.6) is 5.75 Å². The number of fused-ring (bicyclic) bond motifs is 2. The Morgan fingerprint density at radius 2 is 1.93 bits per heavy atom. The molecule has 0 saturated heterocycles. The SMILES string of the molecule is Cn1c(-c2cc3ccc(OC(=O)c4ccco4)cc3oc2=O)nc2ccccc21. The van der Waals surface area contributed by atoms with Gasteiger partial charge in [0, 0.05) is 18.5 Å². The molecule has 0 aliphatic heterocycles. The Hall–Kier alpha value is -4.13. The van der Waals surface area contributed by atoms with E-state index < -0.39 is 11.6 Å². The highest BCUT2D eigenvalue weighted by molar-refractivity contribution is 5.89. The van der Waals surface area contributed by atoms with Crippen LogP contribution in [0.2, 0.25) is 0 Å². The van der Waals surface area contributed by atoms with E-state index in [9.17, 15) is 9.59 Å². The maximum Gasteiger partial charge on any atom is 0.379 e. The van der Waals surface area contributed by atoms with Gasteiger partial charge in [0.1, 0.15) is 22.7 Å². The molecule has 29 heavy (non-hydrogen) atoms. The van der Waals surface area contributed by atoms with Gasteiger partial charge in [0.25, 0.3) is 0 Å². The molecule has 0 unspecified atom stereocenters. The van der Waals surface area contributed by atoms with Crippen molar-refractivity contribution in [2.75, 3.05) is 0 Å². The van der Waals surface area contributed by atoms with Crippen molar-refractivity contribution >= 4 is 28.0 Å². The van der Waals surface area contributed by atoms with Gasteiger partial charge >= 0.3 is 11.6 Å². The first-order valence-corrected chi connectivity index (χ1v) is 8.85. The van der Waals surface area contributed by atoms with E-state index in [-0.39, 0.29) is 11.5 Å². The summed E-state index contributed by atoms with van der Waals surface area (Å²) in [6, 6.07) is 17.3. The lowest BCUT2D eigenvalue weighted by Gasteiger charge is -2.06. The van der Waals surface area contributed by atoms with Crippen molar-refractivity contribution in [1.82, 2.24) is 9.55 Å². The molecule has 142 valence electrons. The molecule has 5 rings (SSSR count). The summed E-state index contributed by atoms with van der Waals surface area (Å²) in [7, 11) is 1.85. The monoisotopic (exact) mass is 386 g/mol. The molecule has 0 fully saturated rings. The highest BCUT2D eigenvalue weighted by atomic mass is 16.5. The van der Waals surface area contributed by atoms with E-state index in [4.69, 9.17) is 13.6 Å². The zero-order valence-corrected chi connectivity index (χ0v) is 15.3. The molecule has 7 nitrogen and oxygen atoms in total. The van der Waals surface area contributed by atoms with Gasteiger partial charge in [-0.15, -0.1) is 0 Å². The summed E-state index contributed by atoms with van der Waals surface area (Å²) in [4.78, 5) is 29.2. The second-order valence-electron chi connectivity index (χ2n) is 6.50. The van der Waals surface area contributed by atoms with Crippen LogP contribution in [0.3, 0.4) is 0 Å². The van der Waals surface area contributed by atoms with Gasteiger partial charge in [-0.25, -0.2) is 14.6 Å². The Kier molecular flexibility index (Phi) is 3.80. The van der Waals surface area contributed by atoms with Gasteiger partial charge < -0.3 is 18.1 Å². The van der Waals surface area contributed by atoms with E-state index in [0.717, 1.165) is 11.0 Å². The van der Waals surface area contributed by atoms with Crippen molar-refractivity contribution in [3.05, 3.63) is 83.1 Å². The van der Waals surface area contributed by atoms with Crippen LogP contribution in [0.1, 0.15) is 10.6 Å². The fourth-order valence-electron chi connectivity index (χ4n) is 3.25. The smallest absolute Gasteiger partial charge is 0.379 e. The average Bonchev–Trinajstić information content (AvgIpc) is 3.36. The fraction of sp³-hybridized carbons (Fsp3) is 0.0455. The predicted molar refractivity (Wildman–Crippen MR) is 106 cm³/mol. The number of nitrogens with zero attached hydrogens (tertiary/aromatic N) is 2. The van der Waals surface area contributed by atoms with Crippen LogP contribution in [-0.4, -0.2) is 15.5 Å². The van der Waals surface area contributed by atoms with Gasteiger partial charge in [0.05, 0.1) is 17.3 Å². The molecule has 3 aromatic heterocycles. The Labute approximate surface area is 163 Å². The third kappa shape index (κ3) is 2.89. The van der Waals surface area contributed by atoms with Crippen LogP contribution >= 0.6 is 0 Å². The highest BCUT2D eigenvalue weighted by Crippen LogP contribution is 2.26. The zero-order valence-electron chi connectivity index (χ0n) is 15.3. The Bertz CT molecular complexity index is 1430. The van der Waals surface area contributed by atoms with Gasteiger partial charge in [-0.1, -0.05) is 12.1 Å². The molecule has 2 aromatic carbocycles. The second kappa shape index (κ2) is 6.49. The van der Waals surface area contributed by atoms with Gasteiger partial charge in [-0.2, -0.15) is 0 Å². The van der Waals surface area contributed by atoms with E-state index in [1.54, 1.807) is 24.3 Å². The summed E-state index contributed by atoms with van der Waals surface area (Å²) in [6.45, 7) is 0. The Morgan fingerprint density at radius 1 is 1.07 bits per heavy atom. The Morgan fingerprint density at radius 3 is 2.72 bits per heavy atom. The number of ether oxygens (including phenoxy) is 1. The molecule has 0 spiro atoms. The molecule has 3 heterocycles. The van der Waals surface area contributed by atoms with Crippen molar-refractivity contribution < 1.29 is 18.4 Å². The quantitative estimate of drug-likeness (QED) is 0.263. The summed E-state index contributed by atoms with van der Waals surface area (Å²) >= 11 is 0. The lowest BCUT2D eigenvalue weighted by molar-refractivity contribution is 0.0701. The van der Waals surface area contributed by atoms with Crippen molar-refractivity contribution in [3.8, 4) is 17.1 Å². The van der Waals surface area contributed by atoms with Crippen molar-refractivity contribution in [3.63, 3.8) is 0 Å². The van der Waals surface area contributed by atoms with Crippen molar-refractivity contribution in [1.29, 1.82) is 0 Å². The molecule has 0 saturated carbocycles. The number of hydrogen-bond acceptors (Lipinski definition) is 6. The van der Waals surface area contributed by atoms with Gasteiger partial charge in [-0.3, -0.25) is 0 Å². The number of esters is 1. The summed E-state index contributed by atoms with van der Waals surface area (Å²) in [6.07, 6.45) is 1.39. The van der Waals surface area contributed by atoms with Gasteiger partial charge in [0.15, 0.2) is 0 Å². The minimum Gasteiger partial charge on any atom is -0.457 e. The van der Waals surface area contributed by atoms with Crippen molar-refractivity contribution in [2.24, 2.45) is 7.05 Å². The first-order valence-electron chi connectivity index (χ1n) is 8.85. The molecule has 0 amide bonds. The zero-order chi connectivity index (χ0) is 20.0. The van der Waals surface area contributed by atoms with Crippen LogP contribution in [0, 0.1) is 0 Å². The molecular weight excluding hydrogens is 372 g/mol. The number of imidazole rings is 1. The molecular formula is C22H14N2O5. The van der Waals surface area contributed by atoms with E-state index in [1.807, 2.05) is 35.9 Å². The lowest BCUT2D eigenvalue weighted by Crippen LogP contribution is -2.08. The minimum atomic E-state index is -0.631. The fourth-order valence-corrected chi connectivity index (χ4v) is 3.25. The maximum atomic E-state index is 12.6. The topological polar surface area (TPSA) is 87.5 Å². The van der Waals surface area contributed by atoms with Gasteiger partial charge in [-0.05, 0) is 42.5 Å². The summed E-state index contributed by atoms with van der Waals surface area (Å²) in [5.74, 6) is 0.226. The van der Waals surface area contributed by atoms with E-state index in [1.165, 1.54) is 18.4 Å². The molecule has 0 N–H and O–H groups in total. The number of furan rings is 1. The molecule has 0 aliphatic carbocycles. The van der Waals surface area contributed by atoms with Crippen LogP contribution in [0.25, 0.3) is 33.4 Å². The highest BCUT2D eigenvalue weighted by Gasteiger charge is 2.16. The summed E-state index contributed by atoms with van der Waals surface area (Å²) < 4.78 is 17.6. The van der Waals surface area contributed by atoms with E-state index in [0.29, 0.717) is 22.4 Å². The molecule has 7 heteroatoms. The number of rotatable bonds is 3. The van der Waals surface area contributed by atoms with Gasteiger partial charge in [0.2, 0.25) is 5.76 Å². The third-order valence-electron chi connectivity index (χ3n) is 4.67. The maximum absolute atomic E-state index is 12.6. The van der Waals surface area contributed by atoms with Crippen LogP contribution in [-0.2, 0) is 7.05 Å². The number of aromatic nitrogens is 2. The molecule has 0 atom stereocenters. The number of carbonyl (C=O) groups is 1. The lowest BCUT2D eigenvalue weighted by atomic mass is 10.1. The molecule has 0 radical (unpaired) electrons. The van der Waals surface area contributed by atoms with Crippen LogP contribution in [0.15, 0.2) is 80.6 Å². The normalized spacial score (nSPS) is 11.2. The van der Waals surface area contributed by atoms with Crippen LogP contribution < -0.4 is 10.4 Å². The van der Waals surface area contributed by atoms with E-state index >= 15 is 0 Å². The first kappa shape index (κ1) is 17.0. The number of carbonyl (C=O) groups excluding carboxylic acids is 1. The first-order chi connectivity index (χ1) is 14.1. The predicted octanol–water partition coefficient (Wildman–Crippen LogP) is 4.16. The molecule has 0 bridgehead atoms. The number of aryl methyl sites for hydroxylation is 1. The standard InChI is InChI=1S/C22H14N2O5/c1-24-17-6-3-2-5-16(17)23-20(24)15-11-13-8-9-14(12-19(13)29-21(15)25)28-22(26)18-7-4-10-27-18/h2-12H,1H3. The molecule has 0 aliphatic rings. The number of para-hydroxylation sites is 2. The number of hydrogen-bond donors (Lipinski definition) is 0. The summed E-state index contributed by atoms with van der Waals surface area (Å²) in [5.41, 5.74) is 1.86. The average molecular weight is 386 g/mol. The Balaban J connectivity index is 1.55. The number of benzene rings is 2.